The molecule has 7 heteroatoms. The topological polar surface area (TPSA) is 63.4 Å². The van der Waals surface area contributed by atoms with Crippen LogP contribution < -0.4 is 5.73 Å². The molecule has 4 nitrogen and oxygen atoms in total. The van der Waals surface area contributed by atoms with E-state index in [-0.39, 0.29) is 16.9 Å². The summed E-state index contributed by atoms with van der Waals surface area (Å²) < 4.78 is 27.6. The van der Waals surface area contributed by atoms with E-state index in [0.717, 1.165) is 25.7 Å². The van der Waals surface area contributed by atoms with Gasteiger partial charge in [-0.25, -0.2) is 8.42 Å². The molecular formula is C14H20BrClN2O2S. The van der Waals surface area contributed by atoms with Crippen molar-refractivity contribution in [2.45, 2.75) is 36.6 Å². The number of rotatable bonds is 4. The maximum Gasteiger partial charge on any atom is 0.243 e. The number of hydrogen-bond acceptors (Lipinski definition) is 3. The van der Waals surface area contributed by atoms with E-state index in [1.165, 1.54) is 4.31 Å². The van der Waals surface area contributed by atoms with Gasteiger partial charge in [-0.15, -0.1) is 0 Å². The van der Waals surface area contributed by atoms with Crippen molar-refractivity contribution in [3.05, 3.63) is 27.7 Å². The van der Waals surface area contributed by atoms with Gasteiger partial charge in [-0.05, 0) is 59.4 Å². The number of benzene rings is 1. The summed E-state index contributed by atoms with van der Waals surface area (Å²) in [5, 5.41) is 0.495. The van der Waals surface area contributed by atoms with Crippen molar-refractivity contribution >= 4 is 37.6 Å². The fraction of sp³-hybridized carbons (Fsp3) is 0.571. The molecule has 2 N–H and O–H groups in total. The summed E-state index contributed by atoms with van der Waals surface area (Å²) in [5.74, 6) is 0.231. The number of sulfonamides is 1. The van der Waals surface area contributed by atoms with Gasteiger partial charge in [-0.3, -0.25) is 0 Å². The molecule has 0 amide bonds. The van der Waals surface area contributed by atoms with Crippen LogP contribution in [0.15, 0.2) is 27.6 Å². The lowest BCUT2D eigenvalue weighted by Gasteiger charge is -2.36. The lowest BCUT2D eigenvalue weighted by molar-refractivity contribution is 0.204. The smallest absolute Gasteiger partial charge is 0.243 e. The third kappa shape index (κ3) is 3.62. The minimum Gasteiger partial charge on any atom is -0.330 e. The predicted molar refractivity (Wildman–Crippen MR) is 88.9 cm³/mol. The van der Waals surface area contributed by atoms with Gasteiger partial charge in [0.2, 0.25) is 10.0 Å². The first-order chi connectivity index (χ1) is 9.87. The van der Waals surface area contributed by atoms with Crippen LogP contribution >= 0.6 is 27.5 Å². The minimum absolute atomic E-state index is 0.0248. The zero-order chi connectivity index (χ0) is 15.6. The lowest BCUT2D eigenvalue weighted by atomic mass is 9.85. The van der Waals surface area contributed by atoms with Crippen LogP contribution in [0.3, 0.4) is 0 Å². The van der Waals surface area contributed by atoms with E-state index in [2.05, 4.69) is 15.9 Å². The molecule has 0 radical (unpaired) electrons. The van der Waals surface area contributed by atoms with E-state index < -0.39 is 10.0 Å². The van der Waals surface area contributed by atoms with Gasteiger partial charge in [0.25, 0.3) is 0 Å². The van der Waals surface area contributed by atoms with Crippen molar-refractivity contribution in [1.29, 1.82) is 0 Å². The molecule has 2 unspecified atom stereocenters. The fourth-order valence-electron chi connectivity index (χ4n) is 2.92. The summed E-state index contributed by atoms with van der Waals surface area (Å²) in [6.07, 6.45) is 4.03. The van der Waals surface area contributed by atoms with Crippen LogP contribution in [0.1, 0.15) is 25.7 Å². The molecule has 0 aromatic heterocycles. The molecular weight excluding hydrogens is 376 g/mol. The van der Waals surface area contributed by atoms with Crippen molar-refractivity contribution in [3.63, 3.8) is 0 Å². The maximum absolute atomic E-state index is 12.8. The van der Waals surface area contributed by atoms with E-state index in [1.54, 1.807) is 25.2 Å². The molecule has 1 aliphatic carbocycles. The molecule has 1 fully saturated rings. The highest BCUT2D eigenvalue weighted by Gasteiger charge is 2.34. The second kappa shape index (κ2) is 6.96. The summed E-state index contributed by atoms with van der Waals surface area (Å²) in [5.41, 5.74) is 5.81. The summed E-state index contributed by atoms with van der Waals surface area (Å²) in [6.45, 7) is 0.523. The average molecular weight is 396 g/mol. The van der Waals surface area contributed by atoms with Gasteiger partial charge >= 0.3 is 0 Å². The zero-order valence-electron chi connectivity index (χ0n) is 11.9. The number of nitrogens with two attached hydrogens (primary N) is 1. The van der Waals surface area contributed by atoms with Crippen LogP contribution in [0.25, 0.3) is 0 Å². The van der Waals surface area contributed by atoms with E-state index in [1.807, 2.05) is 0 Å². The van der Waals surface area contributed by atoms with Gasteiger partial charge in [-0.2, -0.15) is 4.31 Å². The molecule has 21 heavy (non-hydrogen) atoms. The number of hydrogen-bond donors (Lipinski definition) is 1. The Morgan fingerprint density at radius 2 is 2.05 bits per heavy atom. The average Bonchev–Trinajstić information content (AvgIpc) is 2.49. The Morgan fingerprint density at radius 3 is 2.67 bits per heavy atom. The molecule has 1 aliphatic rings. The van der Waals surface area contributed by atoms with Crippen LogP contribution in [-0.2, 0) is 10.0 Å². The van der Waals surface area contributed by atoms with Gasteiger partial charge in [0, 0.05) is 17.6 Å². The van der Waals surface area contributed by atoms with E-state index >= 15 is 0 Å². The quantitative estimate of drug-likeness (QED) is 0.851. The standard InChI is InChI=1S/C14H20BrClN2O2S/c1-18(14-5-3-2-4-10(14)9-17)21(19,20)11-6-7-13(16)12(15)8-11/h6-8,10,14H,2-5,9,17H2,1H3. The summed E-state index contributed by atoms with van der Waals surface area (Å²) in [6, 6.07) is 4.66. The molecule has 0 spiro atoms. The van der Waals surface area contributed by atoms with Crippen molar-refractivity contribution in [3.8, 4) is 0 Å². The Kier molecular flexibility index (Phi) is 5.71. The Balaban J connectivity index is 2.31. The van der Waals surface area contributed by atoms with E-state index in [0.29, 0.717) is 16.0 Å². The fourth-order valence-corrected chi connectivity index (χ4v) is 5.04. The predicted octanol–water partition coefficient (Wildman–Crippen LogP) is 3.24. The second-order valence-electron chi connectivity index (χ2n) is 5.44. The zero-order valence-corrected chi connectivity index (χ0v) is 15.1. The van der Waals surface area contributed by atoms with Gasteiger partial charge in [0.05, 0.1) is 9.92 Å². The van der Waals surface area contributed by atoms with Crippen LogP contribution in [0.4, 0.5) is 0 Å². The Hall–Kier alpha value is -0.140. The van der Waals surface area contributed by atoms with Crippen LogP contribution in [0.2, 0.25) is 5.02 Å². The molecule has 2 rings (SSSR count). The molecule has 2 atom stereocenters. The van der Waals surface area contributed by atoms with Crippen molar-refractivity contribution in [2.24, 2.45) is 11.7 Å². The highest BCUT2D eigenvalue weighted by Crippen LogP contribution is 2.32. The molecule has 1 aromatic rings. The third-order valence-electron chi connectivity index (χ3n) is 4.21. The minimum atomic E-state index is -3.53. The first-order valence-corrected chi connectivity index (χ1v) is 9.62. The number of nitrogens with zero attached hydrogens (tertiary/aromatic N) is 1. The molecule has 1 aromatic carbocycles. The first-order valence-electron chi connectivity index (χ1n) is 7.01. The Bertz CT molecular complexity index is 609. The van der Waals surface area contributed by atoms with Gasteiger partial charge in [-0.1, -0.05) is 24.4 Å². The van der Waals surface area contributed by atoms with Crippen molar-refractivity contribution < 1.29 is 8.42 Å². The third-order valence-corrected chi connectivity index (χ3v) is 7.30. The normalized spacial score (nSPS) is 23.5. The second-order valence-corrected chi connectivity index (χ2v) is 8.70. The maximum atomic E-state index is 12.8. The van der Waals surface area contributed by atoms with Crippen molar-refractivity contribution in [2.75, 3.05) is 13.6 Å². The van der Waals surface area contributed by atoms with Gasteiger partial charge in [0.15, 0.2) is 0 Å². The monoisotopic (exact) mass is 394 g/mol. The highest BCUT2D eigenvalue weighted by molar-refractivity contribution is 9.10. The molecule has 0 heterocycles. The Morgan fingerprint density at radius 1 is 1.38 bits per heavy atom. The largest absolute Gasteiger partial charge is 0.330 e. The number of halogens is 2. The summed E-state index contributed by atoms with van der Waals surface area (Å²) in [7, 11) is -1.88. The Labute approximate surface area is 139 Å². The summed E-state index contributed by atoms with van der Waals surface area (Å²) in [4.78, 5) is 0.252. The molecule has 0 saturated heterocycles. The highest BCUT2D eigenvalue weighted by atomic mass is 79.9. The van der Waals surface area contributed by atoms with Crippen LogP contribution in [0, 0.1) is 5.92 Å². The molecule has 0 bridgehead atoms. The van der Waals surface area contributed by atoms with Crippen molar-refractivity contribution in [1.82, 2.24) is 4.31 Å². The molecule has 0 aliphatic heterocycles. The SMILES string of the molecule is CN(C1CCCCC1CN)S(=O)(=O)c1ccc(Cl)c(Br)c1. The molecule has 1 saturated carbocycles. The van der Waals surface area contributed by atoms with E-state index in [4.69, 9.17) is 17.3 Å². The van der Waals surface area contributed by atoms with Crippen LogP contribution in [-0.4, -0.2) is 32.4 Å². The summed E-state index contributed by atoms with van der Waals surface area (Å²) >= 11 is 9.21. The van der Waals surface area contributed by atoms with Gasteiger partial charge < -0.3 is 5.73 Å². The van der Waals surface area contributed by atoms with Crippen LogP contribution in [0.5, 0.6) is 0 Å². The molecule has 118 valence electrons. The van der Waals surface area contributed by atoms with E-state index in [9.17, 15) is 8.42 Å². The first kappa shape index (κ1) is 17.2. The lowest BCUT2D eigenvalue weighted by Crippen LogP contribution is -2.45. The van der Waals surface area contributed by atoms with Gasteiger partial charge in [0.1, 0.15) is 0 Å².